The zero-order chi connectivity index (χ0) is 13.1. The molecule has 6 nitrogen and oxygen atoms in total. The third-order valence-electron chi connectivity index (χ3n) is 2.07. The van der Waals surface area contributed by atoms with Gasteiger partial charge in [-0.05, 0) is 0 Å². The third-order valence-corrected chi connectivity index (χ3v) is 2.96. The van der Waals surface area contributed by atoms with Gasteiger partial charge in [-0.2, -0.15) is 0 Å². The van der Waals surface area contributed by atoms with E-state index in [9.17, 15) is 4.79 Å². The summed E-state index contributed by atoms with van der Waals surface area (Å²) in [5, 5.41) is 10.5. The third kappa shape index (κ3) is 2.80. The van der Waals surface area contributed by atoms with Crippen LogP contribution >= 0.6 is 22.9 Å². The van der Waals surface area contributed by atoms with Crippen molar-refractivity contribution < 1.29 is 4.79 Å². The first-order valence-corrected chi connectivity index (χ1v) is 6.43. The lowest BCUT2D eigenvalue weighted by molar-refractivity contribution is 0.102. The number of hydrogen-bond donors (Lipinski definition) is 1. The first-order valence-electron chi connectivity index (χ1n) is 5.18. The fraction of sp³-hybridized carbons (Fsp3) is 0.300. The lowest BCUT2D eigenvalue weighted by Gasteiger charge is -2.07. The number of carbonyl (C=O) groups excluding carboxylic acids is 1. The molecule has 94 valence electrons. The number of nitrogens with zero attached hydrogens (tertiary/aromatic N) is 4. The van der Waals surface area contributed by atoms with E-state index in [1.165, 1.54) is 23.0 Å². The van der Waals surface area contributed by atoms with Crippen molar-refractivity contribution in [3.8, 4) is 0 Å². The highest BCUT2D eigenvalue weighted by atomic mass is 35.5. The maximum absolute atomic E-state index is 12.0. The number of aromatic nitrogens is 4. The molecule has 2 rings (SSSR count). The molecule has 2 aromatic rings. The Morgan fingerprint density at radius 2 is 2.28 bits per heavy atom. The van der Waals surface area contributed by atoms with Gasteiger partial charge in [-0.25, -0.2) is 9.97 Å². The first kappa shape index (κ1) is 12.8. The van der Waals surface area contributed by atoms with Gasteiger partial charge < -0.3 is 0 Å². The van der Waals surface area contributed by atoms with Crippen LogP contribution < -0.4 is 5.32 Å². The van der Waals surface area contributed by atoms with Crippen molar-refractivity contribution in [2.45, 2.75) is 19.8 Å². The SMILES string of the molecule is CC(C)c1ncc(Cl)c(C(=O)Nc2nncs2)n1. The summed E-state index contributed by atoms with van der Waals surface area (Å²) in [6, 6.07) is 0. The highest BCUT2D eigenvalue weighted by molar-refractivity contribution is 7.13. The van der Waals surface area contributed by atoms with Crippen LogP contribution in [0.2, 0.25) is 5.02 Å². The van der Waals surface area contributed by atoms with Crippen molar-refractivity contribution in [2.75, 3.05) is 5.32 Å². The normalized spacial score (nSPS) is 10.7. The maximum Gasteiger partial charge on any atom is 0.277 e. The molecule has 2 heterocycles. The summed E-state index contributed by atoms with van der Waals surface area (Å²) in [7, 11) is 0. The van der Waals surface area contributed by atoms with E-state index in [1.807, 2.05) is 13.8 Å². The van der Waals surface area contributed by atoms with Gasteiger partial charge in [0, 0.05) is 5.92 Å². The highest BCUT2D eigenvalue weighted by Crippen LogP contribution is 2.18. The number of carbonyl (C=O) groups is 1. The zero-order valence-corrected chi connectivity index (χ0v) is 11.3. The quantitative estimate of drug-likeness (QED) is 0.935. The van der Waals surface area contributed by atoms with Crippen LogP contribution in [0.25, 0.3) is 0 Å². The second-order valence-electron chi connectivity index (χ2n) is 3.78. The zero-order valence-electron chi connectivity index (χ0n) is 9.72. The predicted octanol–water partition coefficient (Wildman–Crippen LogP) is 2.36. The van der Waals surface area contributed by atoms with E-state index in [1.54, 1.807) is 0 Å². The number of halogens is 1. The van der Waals surface area contributed by atoms with Crippen LogP contribution in [0.1, 0.15) is 36.1 Å². The van der Waals surface area contributed by atoms with Crippen LogP contribution in [-0.2, 0) is 0 Å². The second kappa shape index (κ2) is 5.36. The van der Waals surface area contributed by atoms with Crippen molar-refractivity contribution in [2.24, 2.45) is 0 Å². The Balaban J connectivity index is 2.26. The lowest BCUT2D eigenvalue weighted by Crippen LogP contribution is -2.16. The molecule has 0 spiro atoms. The fourth-order valence-corrected chi connectivity index (χ4v) is 1.82. The topological polar surface area (TPSA) is 80.7 Å². The Kier molecular flexibility index (Phi) is 3.83. The Morgan fingerprint density at radius 3 is 2.89 bits per heavy atom. The Labute approximate surface area is 112 Å². The standard InChI is InChI=1S/C10H10ClN5OS/c1-5(2)8-12-3-6(11)7(14-8)9(17)15-10-16-13-4-18-10/h3-5H,1-2H3,(H,15,16,17). The van der Waals surface area contributed by atoms with Gasteiger partial charge >= 0.3 is 0 Å². The number of anilines is 1. The van der Waals surface area contributed by atoms with Gasteiger partial charge in [0.15, 0.2) is 5.69 Å². The number of nitrogens with one attached hydrogen (secondary N) is 1. The van der Waals surface area contributed by atoms with Gasteiger partial charge in [0.1, 0.15) is 11.3 Å². The van der Waals surface area contributed by atoms with Crippen molar-refractivity contribution in [3.05, 3.63) is 28.2 Å². The van der Waals surface area contributed by atoms with Gasteiger partial charge in [0.05, 0.1) is 11.2 Å². The molecule has 0 aliphatic carbocycles. The maximum atomic E-state index is 12.0. The van der Waals surface area contributed by atoms with Gasteiger partial charge in [0.2, 0.25) is 5.13 Å². The van der Waals surface area contributed by atoms with Crippen molar-refractivity contribution in [1.29, 1.82) is 0 Å². The monoisotopic (exact) mass is 283 g/mol. The average molecular weight is 284 g/mol. The molecule has 1 amide bonds. The van der Waals surface area contributed by atoms with E-state index >= 15 is 0 Å². The molecule has 0 saturated heterocycles. The predicted molar refractivity (Wildman–Crippen MR) is 69.0 cm³/mol. The molecule has 0 unspecified atom stereocenters. The van der Waals surface area contributed by atoms with Gasteiger partial charge in [-0.1, -0.05) is 36.8 Å². The van der Waals surface area contributed by atoms with Crippen LogP contribution in [0.15, 0.2) is 11.7 Å². The Hall–Kier alpha value is -1.60. The molecule has 0 atom stereocenters. The smallest absolute Gasteiger partial charge is 0.277 e. The van der Waals surface area contributed by atoms with Gasteiger partial charge in [0.25, 0.3) is 5.91 Å². The summed E-state index contributed by atoms with van der Waals surface area (Å²) in [6.45, 7) is 3.88. The van der Waals surface area contributed by atoms with E-state index in [-0.39, 0.29) is 16.6 Å². The summed E-state index contributed by atoms with van der Waals surface area (Å²) in [5.74, 6) is 0.276. The molecule has 0 aromatic carbocycles. The molecular weight excluding hydrogens is 274 g/mol. The van der Waals surface area contributed by atoms with Crippen molar-refractivity contribution in [3.63, 3.8) is 0 Å². The number of amides is 1. The van der Waals surface area contributed by atoms with E-state index < -0.39 is 5.91 Å². The summed E-state index contributed by atoms with van der Waals surface area (Å²) in [6.07, 6.45) is 1.43. The summed E-state index contributed by atoms with van der Waals surface area (Å²) in [5.41, 5.74) is 1.67. The summed E-state index contributed by atoms with van der Waals surface area (Å²) in [4.78, 5) is 20.2. The molecule has 18 heavy (non-hydrogen) atoms. The number of rotatable bonds is 3. The van der Waals surface area contributed by atoms with Crippen LogP contribution in [-0.4, -0.2) is 26.1 Å². The molecular formula is C10H10ClN5OS. The lowest BCUT2D eigenvalue weighted by atomic mass is 10.2. The molecule has 0 aliphatic rings. The fourth-order valence-electron chi connectivity index (χ4n) is 1.20. The molecule has 0 fully saturated rings. The van der Waals surface area contributed by atoms with E-state index in [0.717, 1.165) is 0 Å². The molecule has 0 aliphatic heterocycles. The van der Waals surface area contributed by atoms with Crippen LogP contribution in [0.3, 0.4) is 0 Å². The Morgan fingerprint density at radius 1 is 1.50 bits per heavy atom. The van der Waals surface area contributed by atoms with Crippen LogP contribution in [0, 0.1) is 0 Å². The largest absolute Gasteiger partial charge is 0.295 e. The minimum atomic E-state index is -0.416. The Bertz CT molecular complexity index is 557. The van der Waals surface area contributed by atoms with Crippen molar-refractivity contribution >= 4 is 34.0 Å². The van der Waals surface area contributed by atoms with Crippen LogP contribution in [0.4, 0.5) is 5.13 Å². The minimum absolute atomic E-state index is 0.121. The molecule has 2 aromatic heterocycles. The molecule has 1 N–H and O–H groups in total. The van der Waals surface area contributed by atoms with Crippen molar-refractivity contribution in [1.82, 2.24) is 20.2 Å². The van der Waals surface area contributed by atoms with Crippen LogP contribution in [0.5, 0.6) is 0 Å². The summed E-state index contributed by atoms with van der Waals surface area (Å²) < 4.78 is 0. The van der Waals surface area contributed by atoms with Gasteiger partial charge in [-0.3, -0.25) is 10.1 Å². The van der Waals surface area contributed by atoms with Gasteiger partial charge in [-0.15, -0.1) is 10.2 Å². The van der Waals surface area contributed by atoms with E-state index in [0.29, 0.717) is 11.0 Å². The molecule has 0 saturated carbocycles. The molecule has 0 bridgehead atoms. The molecule has 0 radical (unpaired) electrons. The molecule has 8 heteroatoms. The second-order valence-corrected chi connectivity index (χ2v) is 5.02. The summed E-state index contributed by atoms with van der Waals surface area (Å²) >= 11 is 7.14. The van der Waals surface area contributed by atoms with E-state index in [4.69, 9.17) is 11.6 Å². The number of hydrogen-bond acceptors (Lipinski definition) is 6. The highest BCUT2D eigenvalue weighted by Gasteiger charge is 2.16. The average Bonchev–Trinajstić information content (AvgIpc) is 2.81. The minimum Gasteiger partial charge on any atom is -0.295 e. The first-order chi connectivity index (χ1) is 8.58. The van der Waals surface area contributed by atoms with E-state index in [2.05, 4.69) is 25.5 Å².